The number of anilines is 1. The molecule has 3 aromatic rings. The molecule has 162 valence electrons. The Labute approximate surface area is 179 Å². The number of halogens is 1. The molecule has 1 aliphatic carbocycles. The Bertz CT molecular complexity index is 1140. The molecule has 31 heavy (non-hydrogen) atoms. The molecule has 9 heteroatoms. The monoisotopic (exact) mass is 425 g/mol. The van der Waals surface area contributed by atoms with Gasteiger partial charge in [0.1, 0.15) is 0 Å². The number of rotatable bonds is 5. The first-order chi connectivity index (χ1) is 14.9. The van der Waals surface area contributed by atoms with Crippen molar-refractivity contribution in [2.45, 2.75) is 26.7 Å². The number of oxazole rings is 1. The van der Waals surface area contributed by atoms with E-state index in [0.29, 0.717) is 50.0 Å². The van der Waals surface area contributed by atoms with E-state index in [4.69, 9.17) is 9.15 Å². The number of hydrogen-bond donors (Lipinski definition) is 0. The van der Waals surface area contributed by atoms with Gasteiger partial charge in [-0.25, -0.2) is 14.4 Å². The van der Waals surface area contributed by atoms with Crippen LogP contribution in [0.1, 0.15) is 35.8 Å². The number of carbonyl (C=O) groups excluding carboxylic acids is 1. The fourth-order valence-electron chi connectivity index (χ4n) is 3.57. The van der Waals surface area contributed by atoms with Gasteiger partial charge in [-0.05, 0) is 38.0 Å². The number of piperazine rings is 1. The maximum atomic E-state index is 14.4. The molecule has 0 N–H and O–H groups in total. The van der Waals surface area contributed by atoms with Gasteiger partial charge in [-0.1, -0.05) is 6.92 Å². The summed E-state index contributed by atoms with van der Waals surface area (Å²) in [5.41, 5.74) is 2.44. The van der Waals surface area contributed by atoms with Gasteiger partial charge < -0.3 is 19.0 Å². The normalized spacial score (nSPS) is 17.8. The maximum absolute atomic E-state index is 14.4. The van der Waals surface area contributed by atoms with E-state index in [1.165, 1.54) is 12.3 Å². The van der Waals surface area contributed by atoms with E-state index in [-0.39, 0.29) is 22.8 Å². The van der Waals surface area contributed by atoms with Crippen LogP contribution >= 0.6 is 0 Å². The standard InChI is InChI=1S/C22H24FN5O3/c1-14-3-4-17-18(25-14)26-21(31-17)28-9-7-27(8-10-28)20(29)15-11-16(23)19(24-12-15)30-13-22(2)5-6-22/h3-4,11-12H,5-10,13H2,1-2H3. The molecular formula is C22H24FN5O3. The van der Waals surface area contributed by atoms with Crippen molar-refractivity contribution in [2.75, 3.05) is 37.7 Å². The van der Waals surface area contributed by atoms with Crippen LogP contribution in [0.3, 0.4) is 0 Å². The van der Waals surface area contributed by atoms with Gasteiger partial charge in [-0.15, -0.1) is 0 Å². The zero-order chi connectivity index (χ0) is 21.6. The van der Waals surface area contributed by atoms with E-state index in [0.717, 1.165) is 18.5 Å². The Hall–Kier alpha value is -3.23. The smallest absolute Gasteiger partial charge is 0.300 e. The number of aromatic nitrogens is 3. The lowest BCUT2D eigenvalue weighted by atomic mass is 10.2. The summed E-state index contributed by atoms with van der Waals surface area (Å²) in [5, 5.41) is 0. The number of aryl methyl sites for hydroxylation is 1. The molecule has 1 aliphatic heterocycles. The minimum Gasteiger partial charge on any atom is -0.475 e. The van der Waals surface area contributed by atoms with E-state index in [1.807, 2.05) is 24.0 Å². The summed E-state index contributed by atoms with van der Waals surface area (Å²) in [7, 11) is 0. The molecule has 8 nitrogen and oxygen atoms in total. The Balaban J connectivity index is 1.21. The SMILES string of the molecule is Cc1ccc2oc(N3CCN(C(=O)c4cnc(OCC5(C)CC5)c(F)c4)CC3)nc2n1. The number of fused-ring (bicyclic) bond motifs is 1. The van der Waals surface area contributed by atoms with Crippen LogP contribution in [-0.2, 0) is 0 Å². The lowest BCUT2D eigenvalue weighted by Gasteiger charge is -2.33. The maximum Gasteiger partial charge on any atom is 0.300 e. The van der Waals surface area contributed by atoms with Gasteiger partial charge in [0.2, 0.25) is 11.5 Å². The highest BCUT2D eigenvalue weighted by Gasteiger charge is 2.38. The van der Waals surface area contributed by atoms with Crippen molar-refractivity contribution in [3.63, 3.8) is 0 Å². The number of nitrogens with zero attached hydrogens (tertiary/aromatic N) is 5. The molecule has 1 saturated heterocycles. The average molecular weight is 425 g/mol. The van der Waals surface area contributed by atoms with E-state index < -0.39 is 5.82 Å². The quantitative estimate of drug-likeness (QED) is 0.621. The Morgan fingerprint density at radius 1 is 1.23 bits per heavy atom. The number of pyridine rings is 2. The van der Waals surface area contributed by atoms with E-state index in [9.17, 15) is 9.18 Å². The van der Waals surface area contributed by atoms with Crippen LogP contribution < -0.4 is 9.64 Å². The van der Waals surface area contributed by atoms with Crippen LogP contribution in [0.5, 0.6) is 5.88 Å². The van der Waals surface area contributed by atoms with E-state index >= 15 is 0 Å². The van der Waals surface area contributed by atoms with Gasteiger partial charge >= 0.3 is 0 Å². The van der Waals surface area contributed by atoms with Crippen LogP contribution in [-0.4, -0.2) is 58.5 Å². The van der Waals surface area contributed by atoms with Crippen molar-refractivity contribution in [3.05, 3.63) is 41.5 Å². The van der Waals surface area contributed by atoms with Gasteiger partial charge in [-0.3, -0.25) is 4.79 Å². The number of hydrogen-bond acceptors (Lipinski definition) is 7. The fourth-order valence-corrected chi connectivity index (χ4v) is 3.57. The highest BCUT2D eigenvalue weighted by Crippen LogP contribution is 2.45. The molecule has 4 heterocycles. The van der Waals surface area contributed by atoms with Crippen LogP contribution in [0.4, 0.5) is 10.4 Å². The highest BCUT2D eigenvalue weighted by molar-refractivity contribution is 5.94. The van der Waals surface area contributed by atoms with Crippen LogP contribution in [0.15, 0.2) is 28.8 Å². The average Bonchev–Trinajstić information content (AvgIpc) is 3.36. The second kappa shape index (κ2) is 7.47. The lowest BCUT2D eigenvalue weighted by molar-refractivity contribution is 0.0743. The third-order valence-corrected chi connectivity index (χ3v) is 5.93. The molecule has 0 aromatic carbocycles. The van der Waals surface area contributed by atoms with Crippen molar-refractivity contribution in [2.24, 2.45) is 5.41 Å². The first-order valence-electron chi connectivity index (χ1n) is 10.5. The second-order valence-corrected chi connectivity index (χ2v) is 8.66. The van der Waals surface area contributed by atoms with Crippen molar-refractivity contribution < 1.29 is 18.3 Å². The molecule has 0 atom stereocenters. The molecular weight excluding hydrogens is 401 g/mol. The molecule has 2 aliphatic rings. The zero-order valence-electron chi connectivity index (χ0n) is 17.6. The summed E-state index contributed by atoms with van der Waals surface area (Å²) < 4.78 is 25.7. The second-order valence-electron chi connectivity index (χ2n) is 8.66. The number of amides is 1. The Kier molecular flexibility index (Phi) is 4.75. The molecule has 2 fully saturated rings. The number of ether oxygens (including phenoxy) is 1. The summed E-state index contributed by atoms with van der Waals surface area (Å²) in [5.74, 6) is -0.904. The summed E-state index contributed by atoms with van der Waals surface area (Å²) in [6.45, 7) is 6.52. The third kappa shape index (κ3) is 4.04. The summed E-state index contributed by atoms with van der Waals surface area (Å²) in [6, 6.07) is 5.44. The minimum atomic E-state index is -0.608. The molecule has 5 rings (SSSR count). The highest BCUT2D eigenvalue weighted by atomic mass is 19.1. The van der Waals surface area contributed by atoms with Crippen molar-refractivity contribution in [1.29, 1.82) is 0 Å². The van der Waals surface area contributed by atoms with Crippen molar-refractivity contribution in [1.82, 2.24) is 19.9 Å². The Morgan fingerprint density at radius 3 is 2.71 bits per heavy atom. The van der Waals surface area contributed by atoms with Gasteiger partial charge in [0, 0.05) is 43.5 Å². The van der Waals surface area contributed by atoms with Crippen LogP contribution in [0, 0.1) is 18.2 Å². The largest absolute Gasteiger partial charge is 0.475 e. The van der Waals surface area contributed by atoms with Crippen LogP contribution in [0.2, 0.25) is 0 Å². The first-order valence-corrected chi connectivity index (χ1v) is 10.5. The third-order valence-electron chi connectivity index (χ3n) is 5.93. The lowest BCUT2D eigenvalue weighted by Crippen LogP contribution is -2.49. The molecule has 1 saturated carbocycles. The van der Waals surface area contributed by atoms with E-state index in [1.54, 1.807) is 4.90 Å². The predicted molar refractivity (Wildman–Crippen MR) is 112 cm³/mol. The molecule has 1 amide bonds. The Morgan fingerprint density at radius 2 is 2.00 bits per heavy atom. The van der Waals surface area contributed by atoms with Gasteiger partial charge in [0.15, 0.2) is 11.4 Å². The van der Waals surface area contributed by atoms with Crippen molar-refractivity contribution in [3.8, 4) is 5.88 Å². The summed E-state index contributed by atoms with van der Waals surface area (Å²) in [4.78, 5) is 29.3. The molecule has 0 bridgehead atoms. The van der Waals surface area contributed by atoms with Crippen LogP contribution in [0.25, 0.3) is 11.2 Å². The number of carbonyl (C=O) groups is 1. The molecule has 3 aromatic heterocycles. The molecule has 0 spiro atoms. The van der Waals surface area contributed by atoms with Gasteiger partial charge in [0.05, 0.1) is 12.2 Å². The zero-order valence-corrected chi connectivity index (χ0v) is 17.6. The fraction of sp³-hybridized carbons (Fsp3) is 0.455. The molecule has 0 unspecified atom stereocenters. The van der Waals surface area contributed by atoms with E-state index in [2.05, 4.69) is 21.9 Å². The predicted octanol–water partition coefficient (Wildman–Crippen LogP) is 3.21. The topological polar surface area (TPSA) is 84.6 Å². The molecule has 0 radical (unpaired) electrons. The first kappa shape index (κ1) is 19.7. The minimum absolute atomic E-state index is 0.0469. The summed E-state index contributed by atoms with van der Waals surface area (Å²) in [6.07, 6.45) is 3.55. The van der Waals surface area contributed by atoms with Gasteiger partial charge in [0.25, 0.3) is 11.9 Å². The van der Waals surface area contributed by atoms with Crippen molar-refractivity contribution >= 4 is 23.2 Å². The summed E-state index contributed by atoms with van der Waals surface area (Å²) >= 11 is 0. The van der Waals surface area contributed by atoms with Gasteiger partial charge in [-0.2, -0.15) is 4.98 Å².